The van der Waals surface area contributed by atoms with Crippen molar-refractivity contribution in [2.24, 2.45) is 10.8 Å². The van der Waals surface area contributed by atoms with Gasteiger partial charge in [0.1, 0.15) is 5.76 Å². The molecule has 1 unspecified atom stereocenters. The Bertz CT molecular complexity index is 375. The number of aliphatic hydroxyl groups excluding tert-OH is 1. The molecule has 0 saturated heterocycles. The molecule has 1 atom stereocenters. The molecule has 0 heterocycles. The number of rotatable bonds is 4. The summed E-state index contributed by atoms with van der Waals surface area (Å²) in [5, 5.41) is 21.0. The molecule has 0 saturated carbocycles. The molecular formula is C16H28O2. The van der Waals surface area contributed by atoms with Gasteiger partial charge in [-0.1, -0.05) is 41.5 Å². The van der Waals surface area contributed by atoms with E-state index < -0.39 is 5.60 Å². The summed E-state index contributed by atoms with van der Waals surface area (Å²) >= 11 is 0. The van der Waals surface area contributed by atoms with Crippen LogP contribution in [0.2, 0.25) is 0 Å². The van der Waals surface area contributed by atoms with Gasteiger partial charge < -0.3 is 10.2 Å². The first-order valence-electron chi connectivity index (χ1n) is 6.95. The zero-order chi connectivity index (χ0) is 14.2. The second kappa shape index (κ2) is 4.73. The Hall–Kier alpha value is -0.760. The Morgan fingerprint density at radius 2 is 1.72 bits per heavy atom. The number of hydrogen-bond donors (Lipinski definition) is 2. The summed E-state index contributed by atoms with van der Waals surface area (Å²) in [6, 6.07) is 0. The quantitative estimate of drug-likeness (QED) is 0.780. The van der Waals surface area contributed by atoms with E-state index in [1.807, 2.05) is 6.08 Å². The SMILES string of the molecule is CCC(C)(C)C1=CC(O)(C(C)(C)CC)CC=C1O. The van der Waals surface area contributed by atoms with Crippen LogP contribution in [0.5, 0.6) is 0 Å². The Labute approximate surface area is 111 Å². The molecule has 0 radical (unpaired) electrons. The predicted octanol–water partition coefficient (Wildman–Crippen LogP) is 4.36. The van der Waals surface area contributed by atoms with Crippen molar-refractivity contribution < 1.29 is 10.2 Å². The Morgan fingerprint density at radius 1 is 1.17 bits per heavy atom. The zero-order valence-electron chi connectivity index (χ0n) is 12.7. The average Bonchev–Trinajstić information content (AvgIpc) is 2.32. The fourth-order valence-electron chi connectivity index (χ4n) is 2.24. The lowest BCUT2D eigenvalue weighted by Gasteiger charge is -2.43. The molecule has 2 N–H and O–H groups in total. The third-order valence-corrected chi connectivity index (χ3v) is 4.93. The van der Waals surface area contributed by atoms with Gasteiger partial charge in [-0.05, 0) is 41.4 Å². The Morgan fingerprint density at radius 3 is 2.17 bits per heavy atom. The second-order valence-corrected chi connectivity index (χ2v) is 6.75. The van der Waals surface area contributed by atoms with Gasteiger partial charge in [-0.15, -0.1) is 0 Å². The van der Waals surface area contributed by atoms with E-state index in [2.05, 4.69) is 41.5 Å². The normalized spacial score (nSPS) is 25.7. The van der Waals surface area contributed by atoms with Crippen LogP contribution in [0.25, 0.3) is 0 Å². The number of allylic oxidation sites excluding steroid dienone is 1. The lowest BCUT2D eigenvalue weighted by molar-refractivity contribution is -0.0281. The molecule has 1 aliphatic rings. The molecule has 0 fully saturated rings. The van der Waals surface area contributed by atoms with E-state index >= 15 is 0 Å². The molecule has 0 aliphatic heterocycles. The highest BCUT2D eigenvalue weighted by atomic mass is 16.3. The topological polar surface area (TPSA) is 40.5 Å². The highest BCUT2D eigenvalue weighted by Crippen LogP contribution is 2.46. The molecule has 1 aliphatic carbocycles. The first kappa shape index (κ1) is 15.3. The van der Waals surface area contributed by atoms with E-state index in [9.17, 15) is 10.2 Å². The molecule has 104 valence electrons. The van der Waals surface area contributed by atoms with Crippen molar-refractivity contribution in [2.75, 3.05) is 0 Å². The molecule has 0 aromatic carbocycles. The van der Waals surface area contributed by atoms with Crippen molar-refractivity contribution in [3.8, 4) is 0 Å². The maximum absolute atomic E-state index is 10.9. The minimum absolute atomic E-state index is 0.112. The molecule has 0 bridgehead atoms. The highest BCUT2D eigenvalue weighted by molar-refractivity contribution is 5.38. The minimum atomic E-state index is -0.865. The highest BCUT2D eigenvalue weighted by Gasteiger charge is 2.43. The summed E-state index contributed by atoms with van der Waals surface area (Å²) in [5.41, 5.74) is -0.298. The van der Waals surface area contributed by atoms with Gasteiger partial charge >= 0.3 is 0 Å². The van der Waals surface area contributed by atoms with Gasteiger partial charge in [0.05, 0.1) is 5.60 Å². The Kier molecular flexibility index (Phi) is 4.02. The van der Waals surface area contributed by atoms with Crippen molar-refractivity contribution >= 4 is 0 Å². The van der Waals surface area contributed by atoms with E-state index in [0.717, 1.165) is 18.4 Å². The van der Waals surface area contributed by atoms with Crippen molar-refractivity contribution in [2.45, 2.75) is 66.4 Å². The van der Waals surface area contributed by atoms with Crippen LogP contribution in [0, 0.1) is 10.8 Å². The molecule has 0 aromatic heterocycles. The molecule has 0 amide bonds. The van der Waals surface area contributed by atoms with Crippen LogP contribution < -0.4 is 0 Å². The van der Waals surface area contributed by atoms with Crippen LogP contribution in [0.3, 0.4) is 0 Å². The molecule has 18 heavy (non-hydrogen) atoms. The lowest BCUT2D eigenvalue weighted by Crippen LogP contribution is -2.44. The standard InChI is InChI=1S/C16H28O2/c1-7-14(3,4)12-11-16(18,10-9-13(12)17)15(5,6)8-2/h9,11,17-18H,7-8,10H2,1-6H3. The minimum Gasteiger partial charge on any atom is -0.508 e. The van der Waals surface area contributed by atoms with E-state index in [1.165, 1.54) is 0 Å². The first-order chi connectivity index (χ1) is 8.09. The van der Waals surface area contributed by atoms with Crippen LogP contribution in [0.15, 0.2) is 23.5 Å². The summed E-state index contributed by atoms with van der Waals surface area (Å²) < 4.78 is 0. The lowest BCUT2D eigenvalue weighted by atomic mass is 9.66. The summed E-state index contributed by atoms with van der Waals surface area (Å²) in [6.07, 6.45) is 5.98. The maximum Gasteiger partial charge on any atom is 0.115 e. The molecule has 2 heteroatoms. The van der Waals surface area contributed by atoms with Crippen LogP contribution >= 0.6 is 0 Å². The summed E-state index contributed by atoms with van der Waals surface area (Å²) in [6.45, 7) is 12.6. The maximum atomic E-state index is 10.9. The van der Waals surface area contributed by atoms with Crippen molar-refractivity contribution in [1.29, 1.82) is 0 Å². The summed E-state index contributed by atoms with van der Waals surface area (Å²) in [5.74, 6) is 0.332. The average molecular weight is 252 g/mol. The van der Waals surface area contributed by atoms with Crippen LogP contribution in [-0.4, -0.2) is 15.8 Å². The van der Waals surface area contributed by atoms with E-state index in [1.54, 1.807) is 6.08 Å². The van der Waals surface area contributed by atoms with Crippen molar-refractivity contribution in [1.82, 2.24) is 0 Å². The molecular weight excluding hydrogens is 224 g/mol. The smallest absolute Gasteiger partial charge is 0.115 e. The van der Waals surface area contributed by atoms with Crippen LogP contribution in [0.1, 0.15) is 60.8 Å². The third-order valence-electron chi connectivity index (χ3n) is 4.93. The van der Waals surface area contributed by atoms with Gasteiger partial charge in [-0.2, -0.15) is 0 Å². The van der Waals surface area contributed by atoms with E-state index in [0.29, 0.717) is 12.2 Å². The van der Waals surface area contributed by atoms with Gasteiger partial charge in [0, 0.05) is 6.42 Å². The van der Waals surface area contributed by atoms with Crippen molar-refractivity contribution in [3.05, 3.63) is 23.5 Å². The fraction of sp³-hybridized carbons (Fsp3) is 0.750. The molecule has 2 nitrogen and oxygen atoms in total. The molecule has 1 rings (SSSR count). The van der Waals surface area contributed by atoms with E-state index in [-0.39, 0.29) is 10.8 Å². The summed E-state index contributed by atoms with van der Waals surface area (Å²) in [7, 11) is 0. The van der Waals surface area contributed by atoms with Gasteiger partial charge in [-0.3, -0.25) is 0 Å². The summed E-state index contributed by atoms with van der Waals surface area (Å²) in [4.78, 5) is 0. The second-order valence-electron chi connectivity index (χ2n) is 6.75. The Balaban J connectivity index is 3.25. The zero-order valence-corrected chi connectivity index (χ0v) is 12.7. The third kappa shape index (κ3) is 2.49. The van der Waals surface area contributed by atoms with Crippen molar-refractivity contribution in [3.63, 3.8) is 0 Å². The predicted molar refractivity (Wildman–Crippen MR) is 76.5 cm³/mol. The first-order valence-corrected chi connectivity index (χ1v) is 6.95. The van der Waals surface area contributed by atoms with Gasteiger partial charge in [0.25, 0.3) is 0 Å². The monoisotopic (exact) mass is 252 g/mol. The largest absolute Gasteiger partial charge is 0.508 e. The molecule has 0 aromatic rings. The number of aliphatic hydroxyl groups is 2. The van der Waals surface area contributed by atoms with Gasteiger partial charge in [0.2, 0.25) is 0 Å². The fourth-order valence-corrected chi connectivity index (χ4v) is 2.24. The number of hydrogen-bond acceptors (Lipinski definition) is 2. The van der Waals surface area contributed by atoms with Gasteiger partial charge in [0.15, 0.2) is 0 Å². The van der Waals surface area contributed by atoms with Gasteiger partial charge in [-0.25, -0.2) is 0 Å². The van der Waals surface area contributed by atoms with Crippen LogP contribution in [0.4, 0.5) is 0 Å². The van der Waals surface area contributed by atoms with E-state index in [4.69, 9.17) is 0 Å². The molecule has 0 spiro atoms. The van der Waals surface area contributed by atoms with Crippen LogP contribution in [-0.2, 0) is 0 Å².